The number of rotatable bonds is 9. The monoisotopic (exact) mass is 408 g/mol. The van der Waals surface area contributed by atoms with Gasteiger partial charge in [0, 0.05) is 13.1 Å². The van der Waals surface area contributed by atoms with E-state index in [1.165, 1.54) is 88.8 Å². The molecule has 2 heterocycles. The van der Waals surface area contributed by atoms with Crippen LogP contribution in [0.4, 0.5) is 0 Å². The average Bonchev–Trinajstić information content (AvgIpc) is 2.75. The van der Waals surface area contributed by atoms with Gasteiger partial charge in [0.2, 0.25) is 0 Å². The topological polar surface area (TPSA) is 6.48 Å². The van der Waals surface area contributed by atoms with Gasteiger partial charge in [-0.1, -0.05) is 53.6 Å². The summed E-state index contributed by atoms with van der Waals surface area (Å²) < 4.78 is 0. The van der Waals surface area contributed by atoms with E-state index >= 15 is 0 Å². The molecule has 0 radical (unpaired) electrons. The Labute approximate surface area is 186 Å². The smallest absolute Gasteiger partial charge is 0.0165 e. The van der Waals surface area contributed by atoms with E-state index in [0.717, 1.165) is 18.4 Å². The summed E-state index contributed by atoms with van der Waals surface area (Å²) in [5.74, 6) is 1.80. The fraction of sp³-hybridized carbons (Fsp3) is 0.643. The van der Waals surface area contributed by atoms with Gasteiger partial charge in [-0.05, 0) is 109 Å². The molecule has 0 aliphatic carbocycles. The van der Waals surface area contributed by atoms with Crippen molar-refractivity contribution >= 4 is 0 Å². The maximum Gasteiger partial charge on any atom is 0.0165 e. The standard InChI is InChI=1S/C28H44N2/c1-24(2)8-7-9-25(3)12-17-29-18-15-28(16-19-29)23-30-20-13-27(14-21-30)22-26-10-5-4-6-11-26/h4-6,8,10-12,27-28H,7,9,13-23H2,1-3H3/b25-12+. The van der Waals surface area contributed by atoms with Crippen LogP contribution in [0, 0.1) is 11.8 Å². The van der Waals surface area contributed by atoms with Gasteiger partial charge < -0.3 is 4.90 Å². The van der Waals surface area contributed by atoms with Gasteiger partial charge in [0.15, 0.2) is 0 Å². The minimum atomic E-state index is 0.886. The quantitative estimate of drug-likeness (QED) is 0.440. The fourth-order valence-corrected chi connectivity index (χ4v) is 5.01. The molecule has 2 saturated heterocycles. The molecule has 166 valence electrons. The second-order valence-electron chi connectivity index (χ2n) is 10.0. The van der Waals surface area contributed by atoms with Crippen LogP contribution in [-0.4, -0.2) is 49.1 Å². The molecule has 2 heteroatoms. The second-order valence-corrected chi connectivity index (χ2v) is 10.0. The van der Waals surface area contributed by atoms with Crippen LogP contribution in [0.5, 0.6) is 0 Å². The molecule has 0 unspecified atom stereocenters. The molecule has 1 aromatic carbocycles. The minimum Gasteiger partial charge on any atom is -0.303 e. The van der Waals surface area contributed by atoms with E-state index in [1.54, 1.807) is 5.57 Å². The summed E-state index contributed by atoms with van der Waals surface area (Å²) in [7, 11) is 0. The molecular weight excluding hydrogens is 364 g/mol. The van der Waals surface area contributed by atoms with Crippen LogP contribution in [0.3, 0.4) is 0 Å². The van der Waals surface area contributed by atoms with Gasteiger partial charge in [-0.15, -0.1) is 0 Å². The summed E-state index contributed by atoms with van der Waals surface area (Å²) in [5, 5.41) is 0. The lowest BCUT2D eigenvalue weighted by molar-refractivity contribution is 0.122. The Morgan fingerprint density at radius 1 is 0.833 bits per heavy atom. The molecule has 0 atom stereocenters. The summed E-state index contributed by atoms with van der Waals surface area (Å²) in [4.78, 5) is 5.42. The van der Waals surface area contributed by atoms with Gasteiger partial charge in [0.05, 0.1) is 0 Å². The second kappa shape index (κ2) is 12.5. The van der Waals surface area contributed by atoms with Crippen LogP contribution in [0.25, 0.3) is 0 Å². The van der Waals surface area contributed by atoms with E-state index in [-0.39, 0.29) is 0 Å². The largest absolute Gasteiger partial charge is 0.303 e. The van der Waals surface area contributed by atoms with Crippen molar-refractivity contribution in [3.05, 3.63) is 59.2 Å². The van der Waals surface area contributed by atoms with E-state index < -0.39 is 0 Å². The van der Waals surface area contributed by atoms with Crippen LogP contribution >= 0.6 is 0 Å². The van der Waals surface area contributed by atoms with Gasteiger partial charge in [0.1, 0.15) is 0 Å². The first-order valence-corrected chi connectivity index (χ1v) is 12.4. The fourth-order valence-electron chi connectivity index (χ4n) is 5.01. The summed E-state index contributed by atoms with van der Waals surface area (Å²) in [6, 6.07) is 11.1. The molecule has 0 saturated carbocycles. The zero-order chi connectivity index (χ0) is 21.2. The summed E-state index contributed by atoms with van der Waals surface area (Å²) in [6.45, 7) is 14.4. The van der Waals surface area contributed by atoms with E-state index in [0.29, 0.717) is 0 Å². The van der Waals surface area contributed by atoms with E-state index in [2.05, 4.69) is 73.1 Å². The highest BCUT2D eigenvalue weighted by Crippen LogP contribution is 2.25. The number of nitrogens with zero attached hydrogens (tertiary/aromatic N) is 2. The van der Waals surface area contributed by atoms with E-state index in [9.17, 15) is 0 Å². The Morgan fingerprint density at radius 3 is 2.13 bits per heavy atom. The SMILES string of the molecule is CC(C)=CCC/C(C)=C/CN1CCC(CN2CCC(Cc3ccccc3)CC2)CC1. The Morgan fingerprint density at radius 2 is 1.47 bits per heavy atom. The Balaban J connectivity index is 1.29. The van der Waals surface area contributed by atoms with Crippen molar-refractivity contribution in [3.8, 4) is 0 Å². The molecule has 0 spiro atoms. The zero-order valence-corrected chi connectivity index (χ0v) is 19.8. The average molecular weight is 409 g/mol. The minimum absolute atomic E-state index is 0.886. The third-order valence-electron chi connectivity index (χ3n) is 7.09. The number of hydrogen-bond donors (Lipinski definition) is 0. The van der Waals surface area contributed by atoms with Gasteiger partial charge in [-0.2, -0.15) is 0 Å². The maximum absolute atomic E-state index is 2.76. The number of benzene rings is 1. The number of likely N-dealkylation sites (tertiary alicyclic amines) is 2. The molecule has 2 aliphatic heterocycles. The number of hydrogen-bond acceptors (Lipinski definition) is 2. The molecule has 30 heavy (non-hydrogen) atoms. The predicted octanol–water partition coefficient (Wildman–Crippen LogP) is 6.35. The van der Waals surface area contributed by atoms with Crippen molar-refractivity contribution < 1.29 is 0 Å². The summed E-state index contributed by atoms with van der Waals surface area (Å²) in [6.07, 6.45) is 14.0. The Bertz CT molecular complexity index is 655. The highest BCUT2D eigenvalue weighted by atomic mass is 15.1. The van der Waals surface area contributed by atoms with Crippen molar-refractivity contribution in [2.45, 2.75) is 65.7 Å². The van der Waals surface area contributed by atoms with Gasteiger partial charge in [-0.25, -0.2) is 0 Å². The number of piperidine rings is 2. The molecule has 2 fully saturated rings. The molecule has 1 aromatic rings. The lowest BCUT2D eigenvalue weighted by atomic mass is 9.89. The Kier molecular flexibility index (Phi) is 9.68. The van der Waals surface area contributed by atoms with Gasteiger partial charge >= 0.3 is 0 Å². The van der Waals surface area contributed by atoms with Crippen molar-refractivity contribution in [2.24, 2.45) is 11.8 Å². The molecule has 0 bridgehead atoms. The first-order chi connectivity index (χ1) is 14.6. The highest BCUT2D eigenvalue weighted by Gasteiger charge is 2.24. The first-order valence-electron chi connectivity index (χ1n) is 12.4. The lowest BCUT2D eigenvalue weighted by Crippen LogP contribution is -2.41. The summed E-state index contributed by atoms with van der Waals surface area (Å²) >= 11 is 0. The number of allylic oxidation sites excluding steroid dienone is 3. The molecular formula is C28H44N2. The first kappa shape index (κ1) is 23.3. The van der Waals surface area contributed by atoms with E-state index in [4.69, 9.17) is 0 Å². The predicted molar refractivity (Wildman–Crippen MR) is 131 cm³/mol. The van der Waals surface area contributed by atoms with Gasteiger partial charge in [-0.3, -0.25) is 4.90 Å². The van der Waals surface area contributed by atoms with Crippen LogP contribution in [-0.2, 0) is 6.42 Å². The van der Waals surface area contributed by atoms with Crippen molar-refractivity contribution in [2.75, 3.05) is 39.3 Å². The molecule has 2 aliphatic rings. The lowest BCUT2D eigenvalue weighted by Gasteiger charge is -2.37. The normalized spacial score (nSPS) is 20.4. The molecule has 0 amide bonds. The van der Waals surface area contributed by atoms with Crippen LogP contribution < -0.4 is 0 Å². The van der Waals surface area contributed by atoms with Crippen molar-refractivity contribution in [3.63, 3.8) is 0 Å². The van der Waals surface area contributed by atoms with Crippen LogP contribution in [0.2, 0.25) is 0 Å². The molecule has 3 rings (SSSR count). The van der Waals surface area contributed by atoms with Gasteiger partial charge in [0.25, 0.3) is 0 Å². The Hall–Kier alpha value is -1.38. The molecule has 2 nitrogen and oxygen atoms in total. The van der Waals surface area contributed by atoms with Crippen molar-refractivity contribution in [1.29, 1.82) is 0 Å². The third-order valence-corrected chi connectivity index (χ3v) is 7.09. The zero-order valence-electron chi connectivity index (χ0n) is 19.8. The van der Waals surface area contributed by atoms with Crippen LogP contribution in [0.1, 0.15) is 64.9 Å². The van der Waals surface area contributed by atoms with Crippen LogP contribution in [0.15, 0.2) is 53.6 Å². The highest BCUT2D eigenvalue weighted by molar-refractivity contribution is 5.15. The third kappa shape index (κ3) is 8.40. The molecule has 0 N–H and O–H groups in total. The summed E-state index contributed by atoms with van der Waals surface area (Å²) in [5.41, 5.74) is 4.50. The van der Waals surface area contributed by atoms with E-state index in [1.807, 2.05) is 0 Å². The maximum atomic E-state index is 2.76. The van der Waals surface area contributed by atoms with Crippen molar-refractivity contribution in [1.82, 2.24) is 9.80 Å². The molecule has 0 aromatic heterocycles.